The molecular formula is C51H68N8O9. The molecule has 3 amide bonds. The summed E-state index contributed by atoms with van der Waals surface area (Å²) in [6.07, 6.45) is 1.60. The van der Waals surface area contributed by atoms with Crippen LogP contribution >= 0.6 is 0 Å². The van der Waals surface area contributed by atoms with Crippen LogP contribution in [0.4, 0.5) is 10.5 Å². The summed E-state index contributed by atoms with van der Waals surface area (Å²) in [5, 5.41) is 21.7. The second-order valence-electron chi connectivity index (χ2n) is 20.1. The zero-order valence-corrected chi connectivity index (χ0v) is 41.0. The van der Waals surface area contributed by atoms with Crippen LogP contribution in [0.25, 0.3) is 33.3 Å². The molecule has 2 aliphatic heterocycles. The summed E-state index contributed by atoms with van der Waals surface area (Å²) in [6, 6.07) is 13.8. The van der Waals surface area contributed by atoms with Crippen LogP contribution in [-0.2, 0) is 46.4 Å². The molecular weight excluding hydrogens is 869 g/mol. The van der Waals surface area contributed by atoms with Gasteiger partial charge in [0.1, 0.15) is 30.3 Å². The van der Waals surface area contributed by atoms with Gasteiger partial charge in [-0.05, 0) is 112 Å². The first-order valence-corrected chi connectivity index (χ1v) is 23.7. The number of benzene rings is 2. The second kappa shape index (κ2) is 20.3. The minimum Gasteiger partial charge on any atom is -0.480 e. The fourth-order valence-corrected chi connectivity index (χ4v) is 10.0. The number of carboxylic acid groups (broad SMARTS) is 1. The van der Waals surface area contributed by atoms with Crippen LogP contribution < -0.4 is 21.4 Å². The number of hydrogen-bond acceptors (Lipinski definition) is 12. The van der Waals surface area contributed by atoms with Gasteiger partial charge in [0.15, 0.2) is 0 Å². The minimum atomic E-state index is -1.18. The minimum absolute atomic E-state index is 0.0135. The number of pyridine rings is 1. The van der Waals surface area contributed by atoms with Crippen LogP contribution in [0, 0.1) is 11.3 Å². The molecule has 5 N–H and O–H groups in total. The van der Waals surface area contributed by atoms with E-state index in [1.165, 1.54) is 5.01 Å². The Morgan fingerprint density at radius 2 is 1.85 bits per heavy atom. The molecule has 1 saturated heterocycles. The van der Waals surface area contributed by atoms with Crippen LogP contribution in [0.5, 0.6) is 0 Å². The van der Waals surface area contributed by atoms with Gasteiger partial charge in [-0.25, -0.2) is 10.2 Å². The molecule has 2 aromatic heterocycles. The van der Waals surface area contributed by atoms with Crippen molar-refractivity contribution in [3.05, 3.63) is 71.5 Å². The highest BCUT2D eigenvalue weighted by atomic mass is 16.6. The number of nitrogens with zero attached hydrogens (tertiary/aromatic N) is 4. The molecule has 1 fully saturated rings. The average Bonchev–Trinajstić information content (AvgIpc) is 3.62. The Morgan fingerprint density at radius 3 is 2.53 bits per heavy atom. The van der Waals surface area contributed by atoms with Crippen molar-refractivity contribution in [1.29, 1.82) is 0 Å². The Bertz CT molecular complexity index is 2550. The van der Waals surface area contributed by atoms with E-state index in [9.17, 15) is 29.1 Å². The summed E-state index contributed by atoms with van der Waals surface area (Å²) in [5.74, 6) is -2.81. The normalized spacial score (nSPS) is 20.8. The maximum Gasteiger partial charge on any atom is 0.410 e. The molecule has 1 aliphatic carbocycles. The number of aliphatic carboxylic acids is 1. The zero-order valence-electron chi connectivity index (χ0n) is 41.0. The SMILES string of the molecule is CCn1c2c3c4cc(ccc41)-c1cc(cc(NCCN(CC(=O)O)C(=O)OC(C)(C)C)c1)CC(NC(=O)[C@@H](NC)C(C)C)C(=O)N1CCC[C@H](N1)C(=O)OCC(C)(C)C3[C@H](OC)c1ncccc1-2. The number of hydrazine groups is 1. The van der Waals surface area contributed by atoms with Crippen LogP contribution in [0.15, 0.2) is 54.7 Å². The number of amides is 3. The highest BCUT2D eigenvalue weighted by molar-refractivity contribution is 5.97. The molecule has 68 heavy (non-hydrogen) atoms. The molecule has 6 bridgehead atoms. The van der Waals surface area contributed by atoms with Crippen molar-refractivity contribution < 1.29 is 43.3 Å². The summed E-state index contributed by atoms with van der Waals surface area (Å²) in [7, 11) is 3.40. The van der Waals surface area contributed by atoms with Crippen molar-refractivity contribution in [3.63, 3.8) is 0 Å². The first-order chi connectivity index (χ1) is 32.2. The molecule has 3 aliphatic rings. The van der Waals surface area contributed by atoms with Crippen molar-refractivity contribution in [2.75, 3.05) is 52.3 Å². The maximum absolute atomic E-state index is 14.8. The van der Waals surface area contributed by atoms with Crippen molar-refractivity contribution >= 4 is 46.4 Å². The molecule has 0 saturated carbocycles. The average molecular weight is 937 g/mol. The van der Waals surface area contributed by atoms with Gasteiger partial charge in [0.2, 0.25) is 5.91 Å². The van der Waals surface area contributed by atoms with Crippen LogP contribution in [0.1, 0.15) is 97.1 Å². The van der Waals surface area contributed by atoms with Gasteiger partial charge in [-0.3, -0.25) is 34.1 Å². The number of aryl methyl sites for hydroxylation is 1. The predicted octanol–water partition coefficient (Wildman–Crippen LogP) is 6.26. The fourth-order valence-electron chi connectivity index (χ4n) is 10.0. The largest absolute Gasteiger partial charge is 0.480 e. The molecule has 5 atom stereocenters. The maximum atomic E-state index is 14.8. The number of aromatic nitrogens is 2. The van der Waals surface area contributed by atoms with E-state index in [1.54, 1.807) is 41.1 Å². The smallest absolute Gasteiger partial charge is 0.410 e. The summed E-state index contributed by atoms with van der Waals surface area (Å²) in [5.41, 5.74) is 9.57. The van der Waals surface area contributed by atoms with Crippen LogP contribution in [0.2, 0.25) is 0 Å². The van der Waals surface area contributed by atoms with Gasteiger partial charge in [-0.2, -0.15) is 0 Å². The Morgan fingerprint density at radius 1 is 1.09 bits per heavy atom. The third-order valence-corrected chi connectivity index (χ3v) is 13.1. The fraction of sp³-hybridized carbons (Fsp3) is 0.529. The van der Waals surface area contributed by atoms with E-state index < -0.39 is 65.7 Å². The summed E-state index contributed by atoms with van der Waals surface area (Å²) in [4.78, 5) is 73.8. The van der Waals surface area contributed by atoms with Crippen molar-refractivity contribution in [2.24, 2.45) is 11.3 Å². The van der Waals surface area contributed by atoms with E-state index in [4.69, 9.17) is 19.2 Å². The highest BCUT2D eigenvalue weighted by Gasteiger charge is 2.47. The molecule has 0 radical (unpaired) electrons. The molecule has 4 heterocycles. The topological polar surface area (TPSA) is 206 Å². The number of cyclic esters (lactones) is 1. The number of nitrogens with one attached hydrogen (secondary N) is 4. The summed E-state index contributed by atoms with van der Waals surface area (Å²) in [6.45, 7) is 15.9. The Balaban J connectivity index is 1.41. The number of rotatable bonds is 12. The third kappa shape index (κ3) is 10.5. The monoisotopic (exact) mass is 937 g/mol. The quantitative estimate of drug-likeness (QED) is 0.0997. The van der Waals surface area contributed by atoms with Crippen LogP contribution in [0.3, 0.4) is 0 Å². The van der Waals surface area contributed by atoms with E-state index in [-0.39, 0.29) is 43.9 Å². The van der Waals surface area contributed by atoms with Gasteiger partial charge in [-0.15, -0.1) is 0 Å². The number of carbonyl (C=O) groups excluding carboxylic acids is 4. The van der Waals surface area contributed by atoms with Gasteiger partial charge < -0.3 is 39.8 Å². The first-order valence-electron chi connectivity index (χ1n) is 23.7. The predicted molar refractivity (Wildman–Crippen MR) is 259 cm³/mol. The lowest BCUT2D eigenvalue weighted by atomic mass is 9.67. The number of esters is 1. The van der Waals surface area contributed by atoms with Gasteiger partial charge in [-0.1, -0.05) is 39.8 Å². The lowest BCUT2D eigenvalue weighted by Gasteiger charge is -2.42. The molecule has 17 heteroatoms. The van der Waals surface area contributed by atoms with E-state index >= 15 is 0 Å². The molecule has 2 unspecified atom stereocenters. The van der Waals surface area contributed by atoms with Gasteiger partial charge in [0.05, 0.1) is 24.0 Å². The number of carbonyl (C=O) groups is 5. The zero-order chi connectivity index (χ0) is 49.2. The third-order valence-electron chi connectivity index (χ3n) is 13.1. The number of carboxylic acids is 1. The number of likely N-dealkylation sites (N-methyl/N-ethyl adjacent to an activating group) is 1. The molecule has 4 aromatic rings. The van der Waals surface area contributed by atoms with E-state index in [0.29, 0.717) is 37.2 Å². The molecule has 2 aromatic carbocycles. The highest BCUT2D eigenvalue weighted by Crippen LogP contribution is 2.57. The lowest BCUT2D eigenvalue weighted by Crippen LogP contribution is -2.61. The number of hydrogen-bond donors (Lipinski definition) is 5. The summed E-state index contributed by atoms with van der Waals surface area (Å²) >= 11 is 0. The number of ether oxygens (including phenoxy) is 3. The van der Waals surface area contributed by atoms with E-state index in [0.717, 1.165) is 49.4 Å². The van der Waals surface area contributed by atoms with Crippen molar-refractivity contribution in [3.8, 4) is 22.4 Å². The van der Waals surface area contributed by atoms with E-state index in [1.807, 2.05) is 38.1 Å². The Hall–Kier alpha value is -6.04. The molecule has 0 spiro atoms. The molecule has 366 valence electrons. The molecule has 17 nitrogen and oxygen atoms in total. The first kappa shape index (κ1) is 49.9. The Labute approximate surface area is 398 Å². The Kier molecular flexibility index (Phi) is 14.9. The summed E-state index contributed by atoms with van der Waals surface area (Å²) < 4.78 is 20.5. The van der Waals surface area contributed by atoms with Gasteiger partial charge in [0, 0.05) is 79.4 Å². The second-order valence-corrected chi connectivity index (χ2v) is 20.1. The van der Waals surface area contributed by atoms with Crippen molar-refractivity contribution in [2.45, 2.75) is 117 Å². The van der Waals surface area contributed by atoms with Gasteiger partial charge >= 0.3 is 18.0 Å². The number of fused-ring (bicyclic) bond motifs is 8. The number of methoxy groups -OCH3 is 1. The number of anilines is 1. The standard InChI is InChI=1S/C51H68N8O9/c1-11-58-38-17-16-31-26-35(38)40-41(45(66-10)43-34(44(40)58)14-12-18-54-43)51(7,8)28-67-48(64)36-15-13-20-59(56-36)47(63)37(55-46(62)42(52-9)29(2)3)24-30-22-32(31)25-33(23-30)53-19-21-57(27-39(60)61)49(65)68-50(4,5)6/h12,14,16-18,22-23,25-26,29,36-37,41-42,45,52-53,56H,11,13,15,19-21,24,27-28H2,1-10H3,(H,55,62)(H,60,61)/t36-,37?,41?,42-,45-/m0/s1. The van der Waals surface area contributed by atoms with E-state index in [2.05, 4.69) is 71.0 Å². The van der Waals surface area contributed by atoms with Crippen molar-refractivity contribution in [1.82, 2.24) is 35.5 Å². The molecule has 7 rings (SSSR count). The van der Waals surface area contributed by atoms with Gasteiger partial charge in [0.25, 0.3) is 5.91 Å². The van der Waals surface area contributed by atoms with Crippen LogP contribution in [-0.4, -0.2) is 125 Å². The lowest BCUT2D eigenvalue weighted by molar-refractivity contribution is -0.156.